The lowest BCUT2D eigenvalue weighted by Gasteiger charge is -2.33. The Bertz CT molecular complexity index is 211. The third-order valence-electron chi connectivity index (χ3n) is 2.98. The Morgan fingerprint density at radius 2 is 1.78 bits per heavy atom. The number of methoxy groups -OCH3 is 2. The average Bonchev–Trinajstić information content (AvgIpc) is 2.39. The Kier molecular flexibility index (Phi) is 11.4. The second-order valence-electron chi connectivity index (χ2n) is 4.23. The molecule has 0 heterocycles. The van der Waals surface area contributed by atoms with Gasteiger partial charge >= 0.3 is 0 Å². The summed E-state index contributed by atoms with van der Waals surface area (Å²) in [6.07, 6.45) is 3.16. The number of nitrogens with zero attached hydrogens (tertiary/aromatic N) is 1. The summed E-state index contributed by atoms with van der Waals surface area (Å²) in [7, 11) is 3.44. The topological polar surface area (TPSA) is 33.7 Å². The lowest BCUT2D eigenvalue weighted by Crippen LogP contribution is -2.47. The molecule has 18 heavy (non-hydrogen) atoms. The van der Waals surface area contributed by atoms with E-state index in [-0.39, 0.29) is 0 Å². The van der Waals surface area contributed by atoms with Gasteiger partial charge < -0.3 is 19.7 Å². The van der Waals surface area contributed by atoms with Crippen LogP contribution in [-0.2, 0) is 9.47 Å². The van der Waals surface area contributed by atoms with Crippen molar-refractivity contribution in [3.8, 4) is 0 Å². The second kappa shape index (κ2) is 11.7. The van der Waals surface area contributed by atoms with Gasteiger partial charge in [0.25, 0.3) is 0 Å². The Balaban J connectivity index is 4.21. The van der Waals surface area contributed by atoms with Gasteiger partial charge in [0.15, 0.2) is 5.11 Å². The van der Waals surface area contributed by atoms with Gasteiger partial charge in [-0.05, 0) is 31.5 Å². The van der Waals surface area contributed by atoms with Crippen molar-refractivity contribution in [3.05, 3.63) is 0 Å². The number of hydrogen-bond acceptors (Lipinski definition) is 3. The molecule has 0 saturated heterocycles. The van der Waals surface area contributed by atoms with Crippen LogP contribution in [0.2, 0.25) is 0 Å². The van der Waals surface area contributed by atoms with Crippen LogP contribution in [0.4, 0.5) is 0 Å². The van der Waals surface area contributed by atoms with Crippen LogP contribution in [0.1, 0.15) is 33.1 Å². The molecule has 4 nitrogen and oxygen atoms in total. The van der Waals surface area contributed by atoms with Crippen molar-refractivity contribution < 1.29 is 9.47 Å². The molecule has 0 aromatic heterocycles. The minimum atomic E-state index is 0.488. The first-order valence-electron chi connectivity index (χ1n) is 6.73. The van der Waals surface area contributed by atoms with E-state index in [1.807, 2.05) is 0 Å². The third kappa shape index (κ3) is 7.13. The van der Waals surface area contributed by atoms with E-state index in [9.17, 15) is 0 Å². The van der Waals surface area contributed by atoms with Crippen molar-refractivity contribution in [2.24, 2.45) is 0 Å². The molecule has 0 rings (SSSR count). The van der Waals surface area contributed by atoms with Crippen molar-refractivity contribution >= 4 is 17.3 Å². The molecule has 0 spiro atoms. The number of nitrogens with one attached hydrogen (secondary N) is 1. The molecule has 0 aliphatic carbocycles. The van der Waals surface area contributed by atoms with E-state index in [0.29, 0.717) is 12.6 Å². The first-order valence-corrected chi connectivity index (χ1v) is 7.14. The minimum absolute atomic E-state index is 0.488. The van der Waals surface area contributed by atoms with Crippen molar-refractivity contribution in [1.29, 1.82) is 0 Å². The molecular weight excluding hydrogens is 248 g/mol. The zero-order valence-corrected chi connectivity index (χ0v) is 13.0. The van der Waals surface area contributed by atoms with Gasteiger partial charge in [-0.2, -0.15) is 0 Å². The van der Waals surface area contributed by atoms with Crippen molar-refractivity contribution in [2.45, 2.75) is 39.2 Å². The first-order chi connectivity index (χ1) is 8.71. The van der Waals surface area contributed by atoms with E-state index in [1.54, 1.807) is 14.2 Å². The van der Waals surface area contributed by atoms with E-state index < -0.39 is 0 Å². The van der Waals surface area contributed by atoms with Gasteiger partial charge in [-0.3, -0.25) is 0 Å². The summed E-state index contributed by atoms with van der Waals surface area (Å²) in [5, 5.41) is 4.13. The van der Waals surface area contributed by atoms with Gasteiger partial charge in [0.2, 0.25) is 0 Å². The lowest BCUT2D eigenvalue weighted by molar-refractivity contribution is 0.157. The molecule has 0 atom stereocenters. The molecule has 0 aliphatic heterocycles. The van der Waals surface area contributed by atoms with E-state index in [0.717, 1.165) is 44.1 Å². The monoisotopic (exact) mass is 276 g/mol. The van der Waals surface area contributed by atoms with Gasteiger partial charge in [0.05, 0.1) is 6.61 Å². The van der Waals surface area contributed by atoms with Gasteiger partial charge in [0, 0.05) is 40.0 Å². The molecular formula is C13H28N2O2S. The number of ether oxygens (including phenoxy) is 2. The molecule has 0 fully saturated rings. The second-order valence-corrected chi connectivity index (χ2v) is 4.62. The molecule has 0 saturated carbocycles. The van der Waals surface area contributed by atoms with E-state index in [2.05, 4.69) is 24.1 Å². The van der Waals surface area contributed by atoms with Crippen LogP contribution < -0.4 is 5.32 Å². The molecule has 0 bridgehead atoms. The minimum Gasteiger partial charge on any atom is -0.385 e. The highest BCUT2D eigenvalue weighted by molar-refractivity contribution is 7.80. The fraction of sp³-hybridized carbons (Fsp3) is 0.923. The van der Waals surface area contributed by atoms with Crippen molar-refractivity contribution in [2.75, 3.05) is 40.5 Å². The highest BCUT2D eigenvalue weighted by atomic mass is 32.1. The standard InChI is InChI=1S/C13H28N2O2S/c1-5-12(6-2)15(9-11-17-4)13(18)14-8-7-10-16-3/h12H,5-11H2,1-4H3,(H,14,18). The number of hydrogen-bond donors (Lipinski definition) is 1. The van der Waals surface area contributed by atoms with Crippen molar-refractivity contribution in [1.82, 2.24) is 10.2 Å². The van der Waals surface area contributed by atoms with Gasteiger partial charge in [-0.1, -0.05) is 13.8 Å². The third-order valence-corrected chi connectivity index (χ3v) is 3.36. The maximum atomic E-state index is 5.47. The maximum Gasteiger partial charge on any atom is 0.169 e. The van der Waals surface area contributed by atoms with Crippen LogP contribution in [0.15, 0.2) is 0 Å². The number of rotatable bonds is 10. The molecule has 0 aliphatic rings. The summed E-state index contributed by atoms with van der Waals surface area (Å²) < 4.78 is 10.2. The summed E-state index contributed by atoms with van der Waals surface area (Å²) in [5.41, 5.74) is 0. The van der Waals surface area contributed by atoms with Gasteiger partial charge in [0.1, 0.15) is 0 Å². The maximum absolute atomic E-state index is 5.47. The smallest absolute Gasteiger partial charge is 0.169 e. The quantitative estimate of drug-likeness (QED) is 0.488. The molecule has 0 unspecified atom stereocenters. The van der Waals surface area contributed by atoms with E-state index in [4.69, 9.17) is 21.7 Å². The van der Waals surface area contributed by atoms with Crippen LogP contribution in [-0.4, -0.2) is 56.6 Å². The fourth-order valence-electron chi connectivity index (χ4n) is 1.88. The normalized spacial score (nSPS) is 10.7. The SMILES string of the molecule is CCC(CC)N(CCOC)C(=S)NCCCOC. The van der Waals surface area contributed by atoms with Gasteiger partial charge in [-0.25, -0.2) is 0 Å². The Morgan fingerprint density at radius 1 is 1.17 bits per heavy atom. The molecule has 0 amide bonds. The molecule has 0 radical (unpaired) electrons. The van der Waals surface area contributed by atoms with Gasteiger partial charge in [-0.15, -0.1) is 0 Å². The average molecular weight is 276 g/mol. The largest absolute Gasteiger partial charge is 0.385 e. The number of thiocarbonyl (C=S) groups is 1. The molecule has 0 aromatic carbocycles. The van der Waals surface area contributed by atoms with Crippen LogP contribution >= 0.6 is 12.2 Å². The predicted octanol–water partition coefficient (Wildman–Crippen LogP) is 2.03. The summed E-state index contributed by atoms with van der Waals surface area (Å²) in [5.74, 6) is 0. The highest BCUT2D eigenvalue weighted by Gasteiger charge is 2.17. The molecule has 108 valence electrons. The zero-order valence-electron chi connectivity index (χ0n) is 12.2. The Labute approximate surface area is 117 Å². The van der Waals surface area contributed by atoms with Crippen molar-refractivity contribution in [3.63, 3.8) is 0 Å². The fourth-order valence-corrected chi connectivity index (χ4v) is 2.22. The first kappa shape index (κ1) is 17.6. The zero-order chi connectivity index (χ0) is 13.8. The Morgan fingerprint density at radius 3 is 2.28 bits per heavy atom. The summed E-state index contributed by atoms with van der Waals surface area (Å²) >= 11 is 5.47. The summed E-state index contributed by atoms with van der Waals surface area (Å²) in [4.78, 5) is 2.24. The van der Waals surface area contributed by atoms with E-state index >= 15 is 0 Å². The predicted molar refractivity (Wildman–Crippen MR) is 80.0 cm³/mol. The van der Waals surface area contributed by atoms with Crippen LogP contribution in [0.5, 0.6) is 0 Å². The summed E-state index contributed by atoms with van der Waals surface area (Å²) in [6, 6.07) is 0.488. The van der Waals surface area contributed by atoms with Crippen LogP contribution in [0, 0.1) is 0 Å². The van der Waals surface area contributed by atoms with Crippen LogP contribution in [0.25, 0.3) is 0 Å². The Hall–Kier alpha value is -0.390. The molecule has 0 aromatic rings. The molecule has 5 heteroatoms. The molecule has 1 N–H and O–H groups in total. The lowest BCUT2D eigenvalue weighted by atomic mass is 10.1. The summed E-state index contributed by atoms with van der Waals surface area (Å²) in [6.45, 7) is 7.56. The van der Waals surface area contributed by atoms with E-state index in [1.165, 1.54) is 0 Å². The highest BCUT2D eigenvalue weighted by Crippen LogP contribution is 2.08. The van der Waals surface area contributed by atoms with Crippen LogP contribution in [0.3, 0.4) is 0 Å².